The summed E-state index contributed by atoms with van der Waals surface area (Å²) in [5.41, 5.74) is 0. The van der Waals surface area contributed by atoms with Crippen LogP contribution in [0.3, 0.4) is 0 Å². The second-order valence-corrected chi connectivity index (χ2v) is 7.39. The van der Waals surface area contributed by atoms with Gasteiger partial charge in [0.2, 0.25) is 5.89 Å². The molecule has 0 N–H and O–H groups in total. The number of nitrogens with zero attached hydrogens (tertiary/aromatic N) is 3. The van der Waals surface area contributed by atoms with E-state index in [1.165, 1.54) is 11.3 Å². The molecule has 1 fully saturated rings. The summed E-state index contributed by atoms with van der Waals surface area (Å²) < 4.78 is 5.84. The van der Waals surface area contributed by atoms with Gasteiger partial charge >= 0.3 is 0 Å². The number of amides is 1. The van der Waals surface area contributed by atoms with Crippen molar-refractivity contribution in [3.63, 3.8) is 0 Å². The van der Waals surface area contributed by atoms with Gasteiger partial charge in [-0.15, -0.1) is 32.9 Å². The van der Waals surface area contributed by atoms with Gasteiger partial charge in [-0.2, -0.15) is 0 Å². The van der Waals surface area contributed by atoms with Crippen LogP contribution in [0.1, 0.15) is 34.3 Å². The normalized spacial score (nSPS) is 18.3. The summed E-state index contributed by atoms with van der Waals surface area (Å²) in [5, 5.41) is 12.3. The van der Waals surface area contributed by atoms with Gasteiger partial charge in [-0.05, 0) is 35.7 Å². The molecule has 3 aromatic rings. The number of rotatable bonds is 3. The second kappa shape index (κ2) is 6.25. The summed E-state index contributed by atoms with van der Waals surface area (Å²) in [5.74, 6) is 1.42. The van der Waals surface area contributed by atoms with E-state index in [4.69, 9.17) is 4.42 Å². The Hall–Kier alpha value is -1.99. The second-order valence-electron chi connectivity index (χ2n) is 5.49. The number of thiophene rings is 2. The minimum absolute atomic E-state index is 0.0997. The third-order valence-electron chi connectivity index (χ3n) is 3.96. The van der Waals surface area contributed by atoms with Crippen molar-refractivity contribution in [3.05, 3.63) is 45.8 Å². The number of aromatic nitrogens is 2. The molecule has 5 nitrogen and oxygen atoms in total. The van der Waals surface area contributed by atoms with Gasteiger partial charge in [-0.1, -0.05) is 12.1 Å². The van der Waals surface area contributed by atoms with Crippen molar-refractivity contribution in [2.75, 3.05) is 13.1 Å². The molecule has 0 radical (unpaired) electrons. The Kier molecular flexibility index (Phi) is 3.97. The summed E-state index contributed by atoms with van der Waals surface area (Å²) in [4.78, 5) is 16.2. The SMILES string of the molecule is O=C(c1cccs1)N1CCC[C@@H](c2nnc(-c3cccs3)o2)C1. The molecule has 3 aromatic heterocycles. The Morgan fingerprint density at radius 3 is 2.87 bits per heavy atom. The predicted octanol–water partition coefficient (Wildman–Crippen LogP) is 3.88. The van der Waals surface area contributed by atoms with E-state index < -0.39 is 0 Å². The molecule has 0 saturated carbocycles. The maximum Gasteiger partial charge on any atom is 0.263 e. The molecule has 4 heterocycles. The van der Waals surface area contributed by atoms with Crippen molar-refractivity contribution in [2.45, 2.75) is 18.8 Å². The van der Waals surface area contributed by atoms with Gasteiger partial charge in [0.15, 0.2) is 0 Å². The van der Waals surface area contributed by atoms with Gasteiger partial charge < -0.3 is 9.32 Å². The highest BCUT2D eigenvalue weighted by atomic mass is 32.1. The summed E-state index contributed by atoms with van der Waals surface area (Å²) >= 11 is 3.06. The third kappa shape index (κ3) is 2.94. The molecule has 4 rings (SSSR count). The van der Waals surface area contributed by atoms with Crippen LogP contribution in [0.2, 0.25) is 0 Å². The average Bonchev–Trinajstić information content (AvgIpc) is 3.36. The van der Waals surface area contributed by atoms with Crippen molar-refractivity contribution in [1.82, 2.24) is 15.1 Å². The largest absolute Gasteiger partial charge is 0.420 e. The molecule has 7 heteroatoms. The van der Waals surface area contributed by atoms with Gasteiger partial charge in [0.05, 0.1) is 15.7 Å². The van der Waals surface area contributed by atoms with Gasteiger partial charge in [-0.25, -0.2) is 0 Å². The fourth-order valence-electron chi connectivity index (χ4n) is 2.82. The first kappa shape index (κ1) is 14.6. The van der Waals surface area contributed by atoms with Crippen LogP contribution in [0.5, 0.6) is 0 Å². The molecule has 0 unspecified atom stereocenters. The van der Waals surface area contributed by atoms with Gasteiger partial charge in [0.25, 0.3) is 11.8 Å². The first-order valence-electron chi connectivity index (χ1n) is 7.51. The number of carbonyl (C=O) groups excluding carboxylic acids is 1. The van der Waals surface area contributed by atoms with E-state index in [0.717, 1.165) is 29.1 Å². The van der Waals surface area contributed by atoms with E-state index in [9.17, 15) is 4.79 Å². The molecule has 0 aliphatic carbocycles. The lowest BCUT2D eigenvalue weighted by Crippen LogP contribution is -2.38. The summed E-state index contributed by atoms with van der Waals surface area (Å²) in [6.45, 7) is 1.43. The van der Waals surface area contributed by atoms with Crippen LogP contribution in [0, 0.1) is 0 Å². The quantitative estimate of drug-likeness (QED) is 0.723. The molecule has 118 valence electrons. The van der Waals surface area contributed by atoms with E-state index in [-0.39, 0.29) is 11.8 Å². The first-order valence-corrected chi connectivity index (χ1v) is 9.27. The highest BCUT2D eigenvalue weighted by Crippen LogP contribution is 2.30. The Balaban J connectivity index is 1.50. The fraction of sp³-hybridized carbons (Fsp3) is 0.312. The number of piperidine rings is 1. The van der Waals surface area contributed by atoms with Crippen molar-refractivity contribution in [1.29, 1.82) is 0 Å². The van der Waals surface area contributed by atoms with E-state index >= 15 is 0 Å². The Morgan fingerprint density at radius 1 is 1.22 bits per heavy atom. The van der Waals surface area contributed by atoms with Crippen LogP contribution in [0.4, 0.5) is 0 Å². The van der Waals surface area contributed by atoms with Gasteiger partial charge in [0.1, 0.15) is 0 Å². The van der Waals surface area contributed by atoms with Crippen molar-refractivity contribution >= 4 is 28.6 Å². The molecule has 1 aliphatic heterocycles. The maximum absolute atomic E-state index is 12.5. The summed E-state index contributed by atoms with van der Waals surface area (Å²) in [6, 6.07) is 7.71. The van der Waals surface area contributed by atoms with Crippen LogP contribution in [0.15, 0.2) is 39.4 Å². The minimum atomic E-state index is 0.0997. The summed E-state index contributed by atoms with van der Waals surface area (Å²) in [6.07, 6.45) is 1.93. The zero-order valence-corrected chi connectivity index (χ0v) is 14.0. The third-order valence-corrected chi connectivity index (χ3v) is 5.68. The fourth-order valence-corrected chi connectivity index (χ4v) is 4.15. The topological polar surface area (TPSA) is 59.2 Å². The van der Waals surface area contributed by atoms with E-state index in [1.54, 1.807) is 11.3 Å². The lowest BCUT2D eigenvalue weighted by atomic mass is 9.98. The number of hydrogen-bond acceptors (Lipinski definition) is 6. The predicted molar refractivity (Wildman–Crippen MR) is 89.8 cm³/mol. The van der Waals surface area contributed by atoms with Crippen molar-refractivity contribution in [2.24, 2.45) is 0 Å². The Morgan fingerprint density at radius 2 is 2.09 bits per heavy atom. The smallest absolute Gasteiger partial charge is 0.263 e. The standard InChI is InChI=1S/C16H15N3O2S2/c20-16(13-6-3-9-23-13)19-7-1-4-11(10-19)14-17-18-15(21-14)12-5-2-8-22-12/h2-3,5-6,8-9,11H,1,4,7,10H2/t11-/m1/s1. The van der Waals surface area contributed by atoms with Crippen molar-refractivity contribution < 1.29 is 9.21 Å². The van der Waals surface area contributed by atoms with Crippen molar-refractivity contribution in [3.8, 4) is 10.8 Å². The molecular weight excluding hydrogens is 330 g/mol. The summed E-state index contributed by atoms with van der Waals surface area (Å²) in [7, 11) is 0. The van der Waals surface area contributed by atoms with Gasteiger partial charge in [0, 0.05) is 13.1 Å². The zero-order valence-electron chi connectivity index (χ0n) is 12.3. The lowest BCUT2D eigenvalue weighted by Gasteiger charge is -2.30. The molecule has 0 aromatic carbocycles. The molecule has 23 heavy (non-hydrogen) atoms. The molecule has 1 atom stereocenters. The maximum atomic E-state index is 12.5. The van der Waals surface area contributed by atoms with Gasteiger partial charge in [-0.3, -0.25) is 4.79 Å². The molecule has 1 aliphatic rings. The average molecular weight is 345 g/mol. The number of carbonyl (C=O) groups is 1. The van der Waals surface area contributed by atoms with E-state index in [1.807, 2.05) is 39.9 Å². The first-order chi connectivity index (χ1) is 11.3. The van der Waals surface area contributed by atoms with E-state index in [2.05, 4.69) is 10.2 Å². The van der Waals surface area contributed by atoms with E-state index in [0.29, 0.717) is 18.3 Å². The van der Waals surface area contributed by atoms with Crippen LogP contribution in [0.25, 0.3) is 10.8 Å². The molecule has 0 bridgehead atoms. The number of hydrogen-bond donors (Lipinski definition) is 0. The Labute approximate surface area is 141 Å². The van der Waals surface area contributed by atoms with Crippen LogP contribution < -0.4 is 0 Å². The minimum Gasteiger partial charge on any atom is -0.420 e. The van der Waals surface area contributed by atoms with Crippen LogP contribution >= 0.6 is 22.7 Å². The van der Waals surface area contributed by atoms with Crippen LogP contribution in [-0.2, 0) is 0 Å². The molecular formula is C16H15N3O2S2. The Bertz CT molecular complexity index is 780. The highest BCUT2D eigenvalue weighted by Gasteiger charge is 2.29. The number of likely N-dealkylation sites (tertiary alicyclic amines) is 1. The molecule has 1 amide bonds. The molecule has 1 saturated heterocycles. The van der Waals surface area contributed by atoms with Crippen LogP contribution in [-0.4, -0.2) is 34.1 Å². The zero-order chi connectivity index (χ0) is 15.6. The lowest BCUT2D eigenvalue weighted by molar-refractivity contribution is 0.0703. The molecule has 0 spiro atoms. The monoisotopic (exact) mass is 345 g/mol. The highest BCUT2D eigenvalue weighted by molar-refractivity contribution is 7.13.